The highest BCUT2D eigenvalue weighted by Gasteiger charge is 2.26. The minimum atomic E-state index is -0.342. The molecule has 1 atom stereocenters. The maximum Gasteiger partial charge on any atom is 0.242 e. The molecule has 0 spiro atoms. The van der Waals surface area contributed by atoms with E-state index in [2.05, 4.69) is 20.6 Å². The summed E-state index contributed by atoms with van der Waals surface area (Å²) in [6.07, 6.45) is 6.18. The lowest BCUT2D eigenvalue weighted by molar-refractivity contribution is -0.125. The number of nitrogens with zero attached hydrogens (tertiary/aromatic N) is 1. The van der Waals surface area contributed by atoms with Crippen LogP contribution in [0.2, 0.25) is 0 Å². The molecule has 0 aliphatic carbocycles. The van der Waals surface area contributed by atoms with Crippen molar-refractivity contribution in [1.29, 1.82) is 0 Å². The molecule has 0 aromatic carbocycles. The minimum absolute atomic E-state index is 0.0410. The van der Waals surface area contributed by atoms with Crippen LogP contribution in [0.25, 0.3) is 0 Å². The Balaban J connectivity index is 1.62. The summed E-state index contributed by atoms with van der Waals surface area (Å²) in [5, 5.41) is 5.45. The van der Waals surface area contributed by atoms with Gasteiger partial charge in [0.05, 0.1) is 0 Å². The van der Waals surface area contributed by atoms with Crippen LogP contribution in [0.1, 0.15) is 25.1 Å². The molecule has 0 saturated carbocycles. The third-order valence-electron chi connectivity index (χ3n) is 2.76. The molecule has 6 nitrogen and oxygen atoms in total. The average molecular weight is 236 g/mol. The van der Waals surface area contributed by atoms with Crippen molar-refractivity contribution in [3.05, 3.63) is 18.2 Å². The van der Waals surface area contributed by atoms with Crippen LogP contribution in [0.15, 0.2) is 12.4 Å². The van der Waals surface area contributed by atoms with Crippen molar-refractivity contribution in [2.75, 3.05) is 6.54 Å². The lowest BCUT2D eigenvalue weighted by Gasteiger charge is -2.10. The summed E-state index contributed by atoms with van der Waals surface area (Å²) >= 11 is 0. The summed E-state index contributed by atoms with van der Waals surface area (Å²) < 4.78 is 0. The molecule has 1 aliphatic rings. The zero-order chi connectivity index (χ0) is 12.1. The van der Waals surface area contributed by atoms with Gasteiger partial charge >= 0.3 is 0 Å². The van der Waals surface area contributed by atoms with E-state index in [1.165, 1.54) is 0 Å². The van der Waals surface area contributed by atoms with Crippen LogP contribution in [0, 0.1) is 0 Å². The molecule has 1 aromatic rings. The van der Waals surface area contributed by atoms with Crippen LogP contribution in [-0.4, -0.2) is 34.4 Å². The average Bonchev–Trinajstić information content (AvgIpc) is 2.95. The van der Waals surface area contributed by atoms with Crippen LogP contribution in [0.3, 0.4) is 0 Å². The topological polar surface area (TPSA) is 86.9 Å². The van der Waals surface area contributed by atoms with Gasteiger partial charge in [0.15, 0.2) is 0 Å². The van der Waals surface area contributed by atoms with Gasteiger partial charge in [-0.05, 0) is 12.8 Å². The summed E-state index contributed by atoms with van der Waals surface area (Å²) in [5.41, 5.74) is 0. The van der Waals surface area contributed by atoms with E-state index in [-0.39, 0.29) is 17.9 Å². The van der Waals surface area contributed by atoms with E-state index < -0.39 is 0 Å². The number of aromatic nitrogens is 2. The van der Waals surface area contributed by atoms with Crippen molar-refractivity contribution in [3.63, 3.8) is 0 Å². The third-order valence-corrected chi connectivity index (χ3v) is 2.76. The third kappa shape index (κ3) is 3.30. The fraction of sp³-hybridized carbons (Fsp3) is 0.545. The van der Waals surface area contributed by atoms with Gasteiger partial charge in [-0.1, -0.05) is 0 Å². The molecule has 92 valence electrons. The van der Waals surface area contributed by atoms with E-state index in [9.17, 15) is 9.59 Å². The van der Waals surface area contributed by atoms with Gasteiger partial charge in [0.25, 0.3) is 0 Å². The maximum atomic E-state index is 11.6. The second kappa shape index (κ2) is 5.47. The SMILES string of the molecule is O=C1CCC(C(=O)NCCCc2ncc[nH]2)N1. The largest absolute Gasteiger partial charge is 0.354 e. The van der Waals surface area contributed by atoms with E-state index in [4.69, 9.17) is 0 Å². The Morgan fingerprint density at radius 3 is 3.12 bits per heavy atom. The molecule has 1 saturated heterocycles. The zero-order valence-electron chi connectivity index (χ0n) is 9.53. The number of imidazole rings is 1. The second-order valence-corrected chi connectivity index (χ2v) is 4.09. The van der Waals surface area contributed by atoms with Crippen molar-refractivity contribution in [3.8, 4) is 0 Å². The Labute approximate surface area is 99.2 Å². The molecule has 2 amide bonds. The number of H-pyrrole nitrogens is 1. The van der Waals surface area contributed by atoms with Crippen LogP contribution in [0.5, 0.6) is 0 Å². The first-order chi connectivity index (χ1) is 8.25. The van der Waals surface area contributed by atoms with E-state index in [0.29, 0.717) is 19.4 Å². The van der Waals surface area contributed by atoms with Gasteiger partial charge in [-0.25, -0.2) is 4.98 Å². The predicted molar refractivity (Wildman–Crippen MR) is 61.1 cm³/mol. The highest BCUT2D eigenvalue weighted by molar-refractivity contribution is 5.90. The van der Waals surface area contributed by atoms with E-state index >= 15 is 0 Å². The minimum Gasteiger partial charge on any atom is -0.354 e. The van der Waals surface area contributed by atoms with Crippen LogP contribution >= 0.6 is 0 Å². The van der Waals surface area contributed by atoms with Crippen LogP contribution < -0.4 is 10.6 Å². The molecule has 1 unspecified atom stereocenters. The molecule has 3 N–H and O–H groups in total. The monoisotopic (exact) mass is 236 g/mol. The normalized spacial score (nSPS) is 19.1. The molecule has 1 fully saturated rings. The molecule has 1 aromatic heterocycles. The Hall–Kier alpha value is -1.85. The van der Waals surface area contributed by atoms with Crippen LogP contribution in [0.4, 0.5) is 0 Å². The summed E-state index contributed by atoms with van der Waals surface area (Å²) in [4.78, 5) is 29.6. The first-order valence-electron chi connectivity index (χ1n) is 5.81. The van der Waals surface area contributed by atoms with Crippen molar-refractivity contribution in [1.82, 2.24) is 20.6 Å². The van der Waals surface area contributed by atoms with Gasteiger partial charge < -0.3 is 15.6 Å². The molecule has 2 heterocycles. The van der Waals surface area contributed by atoms with E-state index in [0.717, 1.165) is 18.7 Å². The fourth-order valence-corrected chi connectivity index (χ4v) is 1.84. The Bertz CT molecular complexity index is 388. The van der Waals surface area contributed by atoms with Crippen molar-refractivity contribution < 1.29 is 9.59 Å². The van der Waals surface area contributed by atoms with Gasteiger partial charge in [0.2, 0.25) is 11.8 Å². The number of hydrogen-bond acceptors (Lipinski definition) is 3. The van der Waals surface area contributed by atoms with Gasteiger partial charge in [-0.3, -0.25) is 9.59 Å². The number of amides is 2. The summed E-state index contributed by atoms with van der Waals surface area (Å²) in [7, 11) is 0. The first-order valence-corrected chi connectivity index (χ1v) is 5.81. The highest BCUT2D eigenvalue weighted by Crippen LogP contribution is 2.06. The van der Waals surface area contributed by atoms with Gasteiger partial charge in [-0.15, -0.1) is 0 Å². The van der Waals surface area contributed by atoms with Gasteiger partial charge in [0, 0.05) is 31.8 Å². The Kier molecular flexibility index (Phi) is 3.74. The predicted octanol–water partition coefficient (Wildman–Crippen LogP) is -0.263. The van der Waals surface area contributed by atoms with E-state index in [1.807, 2.05) is 0 Å². The maximum absolute atomic E-state index is 11.6. The summed E-state index contributed by atoms with van der Waals surface area (Å²) in [6, 6.07) is -0.342. The Morgan fingerprint density at radius 2 is 2.47 bits per heavy atom. The summed E-state index contributed by atoms with van der Waals surface area (Å²) in [6.45, 7) is 0.603. The molecule has 17 heavy (non-hydrogen) atoms. The number of aromatic amines is 1. The molecular weight excluding hydrogens is 220 g/mol. The first kappa shape index (κ1) is 11.6. The number of rotatable bonds is 5. The van der Waals surface area contributed by atoms with Crippen LogP contribution in [-0.2, 0) is 16.0 Å². The number of carbonyl (C=O) groups is 2. The Morgan fingerprint density at radius 1 is 1.59 bits per heavy atom. The summed E-state index contributed by atoms with van der Waals surface area (Å²) in [5.74, 6) is 0.796. The second-order valence-electron chi connectivity index (χ2n) is 4.09. The van der Waals surface area contributed by atoms with Crippen molar-refractivity contribution in [2.24, 2.45) is 0 Å². The quantitative estimate of drug-likeness (QED) is 0.615. The number of nitrogens with one attached hydrogen (secondary N) is 3. The highest BCUT2D eigenvalue weighted by atomic mass is 16.2. The molecule has 2 rings (SSSR count). The molecule has 0 radical (unpaired) electrons. The smallest absolute Gasteiger partial charge is 0.242 e. The number of aryl methyl sites for hydroxylation is 1. The van der Waals surface area contributed by atoms with Gasteiger partial charge in [-0.2, -0.15) is 0 Å². The number of hydrogen-bond donors (Lipinski definition) is 3. The van der Waals surface area contributed by atoms with Crippen molar-refractivity contribution >= 4 is 11.8 Å². The fourth-order valence-electron chi connectivity index (χ4n) is 1.84. The van der Waals surface area contributed by atoms with Crippen molar-refractivity contribution in [2.45, 2.75) is 31.7 Å². The van der Waals surface area contributed by atoms with Gasteiger partial charge in [0.1, 0.15) is 11.9 Å². The molecule has 6 heteroatoms. The molecule has 0 bridgehead atoms. The standard InChI is InChI=1S/C11H16N4O2/c16-10-4-3-8(15-10)11(17)14-5-1-2-9-12-6-7-13-9/h6-8H,1-5H2,(H,12,13)(H,14,17)(H,15,16). The molecular formula is C11H16N4O2. The molecule has 1 aliphatic heterocycles. The van der Waals surface area contributed by atoms with E-state index in [1.54, 1.807) is 12.4 Å². The lowest BCUT2D eigenvalue weighted by atomic mass is 10.2. The zero-order valence-corrected chi connectivity index (χ0v) is 9.53. The lowest BCUT2D eigenvalue weighted by Crippen LogP contribution is -2.41. The number of carbonyl (C=O) groups excluding carboxylic acids is 2.